The van der Waals surface area contributed by atoms with E-state index in [2.05, 4.69) is 14.7 Å². The molecule has 1 heterocycles. The first-order valence-corrected chi connectivity index (χ1v) is 12.5. The van der Waals surface area contributed by atoms with Crippen LogP contribution in [0.15, 0.2) is 47.1 Å². The second kappa shape index (κ2) is 13.2. The van der Waals surface area contributed by atoms with E-state index in [9.17, 15) is 10.1 Å². The summed E-state index contributed by atoms with van der Waals surface area (Å²) in [5, 5.41) is 13.0. The zero-order valence-electron chi connectivity index (χ0n) is 20.1. The van der Waals surface area contributed by atoms with E-state index in [1.807, 2.05) is 24.5 Å². The van der Waals surface area contributed by atoms with Crippen molar-refractivity contribution in [2.24, 2.45) is 0 Å². The van der Waals surface area contributed by atoms with Crippen LogP contribution in [0.3, 0.4) is 0 Å². The second-order valence-electron chi connectivity index (χ2n) is 6.81. The number of thioether (sulfide) groups is 1. The lowest BCUT2D eigenvalue weighted by Gasteiger charge is -2.16. The summed E-state index contributed by atoms with van der Waals surface area (Å²) in [5.74, 6) is 1.71. The highest BCUT2D eigenvalue weighted by Gasteiger charge is 2.17. The van der Waals surface area contributed by atoms with Crippen molar-refractivity contribution in [3.05, 3.63) is 47.5 Å². The molecule has 10 nitrogen and oxygen atoms in total. The van der Waals surface area contributed by atoms with E-state index in [0.29, 0.717) is 44.6 Å². The average molecular weight is 529 g/mol. The molecule has 3 rings (SSSR count). The second-order valence-corrected chi connectivity index (χ2v) is 8.34. The molecule has 1 aromatic heterocycles. The van der Waals surface area contributed by atoms with Gasteiger partial charge in [0, 0.05) is 11.5 Å². The molecule has 2 aromatic carbocycles. The van der Waals surface area contributed by atoms with Gasteiger partial charge in [0.1, 0.15) is 24.9 Å². The molecule has 0 radical (unpaired) electrons. The molecule has 0 aliphatic heterocycles. The zero-order valence-corrected chi connectivity index (χ0v) is 21.7. The van der Waals surface area contributed by atoms with Crippen LogP contribution in [0.5, 0.6) is 28.7 Å². The molecule has 0 unspecified atom stereocenters. The first kappa shape index (κ1) is 26.7. The van der Waals surface area contributed by atoms with Crippen LogP contribution in [0.25, 0.3) is 6.08 Å². The number of amides is 1. The molecule has 0 bridgehead atoms. The molecule has 36 heavy (non-hydrogen) atoms. The number of carbonyl (C=O) groups is 1. The van der Waals surface area contributed by atoms with E-state index in [-0.39, 0.29) is 18.8 Å². The molecule has 12 heteroatoms. The fourth-order valence-corrected chi connectivity index (χ4v) is 4.10. The number of para-hydroxylation sites is 2. The number of anilines is 1. The highest BCUT2D eigenvalue weighted by atomic mass is 32.2. The van der Waals surface area contributed by atoms with E-state index in [4.69, 9.17) is 23.7 Å². The summed E-state index contributed by atoms with van der Waals surface area (Å²) in [5.41, 5.74) is 0.383. The Kier molecular flexibility index (Phi) is 9.79. The lowest BCUT2D eigenvalue weighted by atomic mass is 10.1. The first-order chi connectivity index (χ1) is 17.5. The van der Waals surface area contributed by atoms with Crippen LogP contribution in [-0.2, 0) is 4.79 Å². The van der Waals surface area contributed by atoms with Gasteiger partial charge in [0.05, 0.1) is 21.3 Å². The number of nitrogens with zero attached hydrogens (tertiary/aromatic N) is 3. The van der Waals surface area contributed by atoms with Crippen LogP contribution in [0.1, 0.15) is 5.56 Å². The van der Waals surface area contributed by atoms with Crippen molar-refractivity contribution in [2.75, 3.05) is 46.1 Å². The average Bonchev–Trinajstić information content (AvgIpc) is 3.37. The van der Waals surface area contributed by atoms with Gasteiger partial charge in [-0.15, -0.1) is 0 Å². The van der Waals surface area contributed by atoms with Crippen LogP contribution in [0.4, 0.5) is 5.13 Å². The van der Waals surface area contributed by atoms with Gasteiger partial charge in [-0.05, 0) is 42.2 Å². The number of benzene rings is 2. The molecular formula is C24H24N4O6S2. The molecule has 1 N–H and O–H groups in total. The maximum absolute atomic E-state index is 12.6. The molecule has 188 valence electrons. The van der Waals surface area contributed by atoms with E-state index in [1.165, 1.54) is 32.1 Å². The number of carbonyl (C=O) groups excluding carboxylic acids is 1. The fraction of sp³-hybridized carbons (Fsp3) is 0.250. The third kappa shape index (κ3) is 6.80. The number of rotatable bonds is 12. The Balaban J connectivity index is 1.73. The number of methoxy groups -OCH3 is 3. The predicted octanol–water partition coefficient (Wildman–Crippen LogP) is 4.29. The van der Waals surface area contributed by atoms with E-state index in [0.717, 1.165) is 11.5 Å². The fourth-order valence-electron chi connectivity index (χ4n) is 2.98. The molecule has 0 atom stereocenters. The summed E-state index contributed by atoms with van der Waals surface area (Å²) in [6.07, 6.45) is 3.25. The molecule has 3 aromatic rings. The van der Waals surface area contributed by atoms with Gasteiger partial charge in [0.25, 0.3) is 5.91 Å². The van der Waals surface area contributed by atoms with Crippen LogP contribution in [-0.4, -0.2) is 56.1 Å². The monoisotopic (exact) mass is 528 g/mol. The highest BCUT2D eigenvalue weighted by molar-refractivity contribution is 7.98. The third-order valence-corrected chi connectivity index (χ3v) is 5.92. The quantitative estimate of drug-likeness (QED) is 0.157. The molecular weight excluding hydrogens is 504 g/mol. The lowest BCUT2D eigenvalue weighted by molar-refractivity contribution is -0.112. The molecule has 1 amide bonds. The number of ether oxygens (including phenoxy) is 5. The Morgan fingerprint density at radius 2 is 1.69 bits per heavy atom. The van der Waals surface area contributed by atoms with E-state index >= 15 is 0 Å². The Morgan fingerprint density at radius 3 is 2.28 bits per heavy atom. The largest absolute Gasteiger partial charge is 0.493 e. The minimum Gasteiger partial charge on any atom is -0.493 e. The number of nitriles is 1. The van der Waals surface area contributed by atoms with Gasteiger partial charge < -0.3 is 23.7 Å². The Labute approximate surface area is 217 Å². The smallest absolute Gasteiger partial charge is 0.268 e. The van der Waals surface area contributed by atoms with Crippen LogP contribution < -0.4 is 29.0 Å². The summed E-state index contributed by atoms with van der Waals surface area (Å²) < 4.78 is 31.9. The molecule has 0 fully saturated rings. The van der Waals surface area contributed by atoms with E-state index < -0.39 is 5.91 Å². The van der Waals surface area contributed by atoms with Gasteiger partial charge in [0.15, 0.2) is 23.0 Å². The first-order valence-electron chi connectivity index (χ1n) is 10.5. The van der Waals surface area contributed by atoms with Gasteiger partial charge >= 0.3 is 0 Å². The summed E-state index contributed by atoms with van der Waals surface area (Å²) in [6.45, 7) is 0.447. The van der Waals surface area contributed by atoms with Crippen molar-refractivity contribution in [2.45, 2.75) is 5.16 Å². The van der Waals surface area contributed by atoms with Crippen LogP contribution in [0, 0.1) is 11.3 Å². The maximum atomic E-state index is 12.6. The third-order valence-electron chi connectivity index (χ3n) is 4.63. The Hall–Kier alpha value is -3.95. The standard InChI is InChI=1S/C24H24N4O6S2/c1-30-17-7-5-6-8-18(17)33-9-10-34-21-19(31-2)12-15(13-20(21)32-3)11-16(14-25)22(29)26-23-27-24(35-4)28-36-23/h5-8,11-13H,9-10H2,1-4H3,(H,26,27,28,29). The Morgan fingerprint density at radius 1 is 1.06 bits per heavy atom. The van der Waals surface area contributed by atoms with Crippen molar-refractivity contribution in [1.29, 1.82) is 5.26 Å². The minimum absolute atomic E-state index is 0.126. The molecule has 0 aliphatic rings. The molecule has 0 saturated heterocycles. The van der Waals surface area contributed by atoms with Crippen molar-refractivity contribution in [3.63, 3.8) is 0 Å². The summed E-state index contributed by atoms with van der Waals surface area (Å²) in [7, 11) is 4.54. The van der Waals surface area contributed by atoms with Crippen molar-refractivity contribution in [3.8, 4) is 34.8 Å². The SMILES string of the molecule is COc1ccccc1OCCOc1c(OC)cc(C=C(C#N)C(=O)Nc2nc(SC)ns2)cc1OC. The van der Waals surface area contributed by atoms with Crippen LogP contribution in [0.2, 0.25) is 0 Å². The topological polar surface area (TPSA) is 125 Å². The summed E-state index contributed by atoms with van der Waals surface area (Å²) in [6, 6.07) is 12.5. The Bertz CT molecular complexity index is 1250. The van der Waals surface area contributed by atoms with Gasteiger partial charge in [0.2, 0.25) is 16.0 Å². The zero-order chi connectivity index (χ0) is 25.9. The van der Waals surface area contributed by atoms with Crippen molar-refractivity contribution >= 4 is 40.4 Å². The number of hydrogen-bond donors (Lipinski definition) is 1. The number of aromatic nitrogens is 2. The van der Waals surface area contributed by atoms with Gasteiger partial charge in [-0.1, -0.05) is 23.9 Å². The lowest BCUT2D eigenvalue weighted by Crippen LogP contribution is -2.13. The van der Waals surface area contributed by atoms with Crippen molar-refractivity contribution < 1.29 is 28.5 Å². The predicted molar refractivity (Wildman–Crippen MR) is 137 cm³/mol. The van der Waals surface area contributed by atoms with Gasteiger partial charge in [-0.25, -0.2) is 0 Å². The minimum atomic E-state index is -0.604. The maximum Gasteiger partial charge on any atom is 0.268 e. The number of nitrogens with one attached hydrogen (secondary N) is 1. The highest BCUT2D eigenvalue weighted by Crippen LogP contribution is 2.39. The van der Waals surface area contributed by atoms with Crippen LogP contribution >= 0.6 is 23.3 Å². The molecule has 0 aliphatic carbocycles. The summed E-state index contributed by atoms with van der Waals surface area (Å²) >= 11 is 2.39. The van der Waals surface area contributed by atoms with E-state index in [1.54, 1.807) is 31.4 Å². The van der Waals surface area contributed by atoms with Crippen molar-refractivity contribution in [1.82, 2.24) is 9.36 Å². The number of hydrogen-bond acceptors (Lipinski definition) is 11. The normalized spacial score (nSPS) is 10.8. The molecule has 0 saturated carbocycles. The van der Waals surface area contributed by atoms with Gasteiger partial charge in [-0.3, -0.25) is 10.1 Å². The molecule has 0 spiro atoms. The van der Waals surface area contributed by atoms with Gasteiger partial charge in [-0.2, -0.15) is 14.6 Å². The summed E-state index contributed by atoms with van der Waals surface area (Å²) in [4.78, 5) is 16.7.